The molecule has 6 nitrogen and oxygen atoms in total. The molecule has 0 aliphatic heterocycles. The minimum absolute atomic E-state index is 0.0662. The summed E-state index contributed by atoms with van der Waals surface area (Å²) in [5.74, 6) is -0.301. The number of ether oxygens (including phenoxy) is 2. The summed E-state index contributed by atoms with van der Waals surface area (Å²) < 4.78 is 10.3. The minimum Gasteiger partial charge on any atom is -0.463 e. The molecule has 144 valence electrons. The minimum atomic E-state index is -0.766. The predicted molar refractivity (Wildman–Crippen MR) is 92.7 cm³/mol. The van der Waals surface area contributed by atoms with E-state index in [0.717, 1.165) is 19.3 Å². The van der Waals surface area contributed by atoms with E-state index >= 15 is 0 Å². The summed E-state index contributed by atoms with van der Waals surface area (Å²) in [4.78, 5) is 11.6. The summed E-state index contributed by atoms with van der Waals surface area (Å²) in [6, 6.07) is 0. The Labute approximate surface area is 146 Å². The summed E-state index contributed by atoms with van der Waals surface area (Å²) in [7, 11) is 0. The Bertz CT molecular complexity index is 281. The van der Waals surface area contributed by atoms with E-state index in [1.165, 1.54) is 38.5 Å². The number of esters is 1. The Morgan fingerprint density at radius 2 is 1.29 bits per heavy atom. The average Bonchev–Trinajstić information content (AvgIpc) is 2.60. The largest absolute Gasteiger partial charge is 0.463 e. The molecule has 0 heterocycles. The molecule has 0 aliphatic rings. The van der Waals surface area contributed by atoms with Gasteiger partial charge >= 0.3 is 5.97 Å². The van der Waals surface area contributed by atoms with E-state index in [1.54, 1.807) is 0 Å². The van der Waals surface area contributed by atoms with Crippen LogP contribution in [0.4, 0.5) is 0 Å². The van der Waals surface area contributed by atoms with Crippen LogP contribution in [0.2, 0.25) is 0 Å². The molecule has 0 spiro atoms. The van der Waals surface area contributed by atoms with Crippen LogP contribution >= 0.6 is 0 Å². The van der Waals surface area contributed by atoms with E-state index in [9.17, 15) is 4.79 Å². The summed E-state index contributed by atoms with van der Waals surface area (Å²) in [5.41, 5.74) is 0. The standard InChI is InChI=1S/C18H36O6/c1-2-3-4-5-6-7-8-9-10-11-18(22)23-15-17(14-21)24-16(12-19)13-20/h16-17,19-21H,2-15H2,1H3. The number of rotatable bonds is 17. The van der Waals surface area contributed by atoms with Gasteiger partial charge in [0, 0.05) is 6.42 Å². The lowest BCUT2D eigenvalue weighted by molar-refractivity contribution is -0.153. The zero-order valence-electron chi connectivity index (χ0n) is 15.1. The van der Waals surface area contributed by atoms with Crippen molar-refractivity contribution < 1.29 is 29.6 Å². The van der Waals surface area contributed by atoms with Gasteiger partial charge < -0.3 is 24.8 Å². The van der Waals surface area contributed by atoms with Gasteiger partial charge in [0.05, 0.1) is 19.8 Å². The monoisotopic (exact) mass is 348 g/mol. The number of unbranched alkanes of at least 4 members (excludes halogenated alkanes) is 8. The predicted octanol–water partition coefficient (Wildman–Crippen LogP) is 2.18. The molecule has 0 saturated carbocycles. The zero-order chi connectivity index (χ0) is 18.0. The maximum atomic E-state index is 11.6. The molecule has 0 aromatic heterocycles. The van der Waals surface area contributed by atoms with Crippen molar-refractivity contribution >= 4 is 5.97 Å². The Kier molecular flexibility index (Phi) is 16.7. The van der Waals surface area contributed by atoms with Gasteiger partial charge in [-0.1, -0.05) is 58.3 Å². The van der Waals surface area contributed by atoms with Crippen LogP contribution in [0, 0.1) is 0 Å². The van der Waals surface area contributed by atoms with Crippen LogP contribution in [0.25, 0.3) is 0 Å². The summed E-state index contributed by atoms with van der Waals surface area (Å²) >= 11 is 0. The van der Waals surface area contributed by atoms with Gasteiger partial charge in [0.2, 0.25) is 0 Å². The number of carbonyl (C=O) groups excluding carboxylic acids is 1. The first-order chi connectivity index (χ1) is 11.7. The van der Waals surface area contributed by atoms with Crippen molar-refractivity contribution in [2.75, 3.05) is 26.4 Å². The molecule has 0 bridgehead atoms. The normalized spacial score (nSPS) is 12.5. The molecule has 0 rings (SSSR count). The highest BCUT2D eigenvalue weighted by molar-refractivity contribution is 5.69. The van der Waals surface area contributed by atoms with Gasteiger partial charge in [-0.05, 0) is 6.42 Å². The highest BCUT2D eigenvalue weighted by Gasteiger charge is 2.16. The topological polar surface area (TPSA) is 96.2 Å². The highest BCUT2D eigenvalue weighted by Crippen LogP contribution is 2.11. The van der Waals surface area contributed by atoms with E-state index < -0.39 is 12.2 Å². The molecule has 0 radical (unpaired) electrons. The van der Waals surface area contributed by atoms with Crippen LogP contribution in [-0.2, 0) is 14.3 Å². The van der Waals surface area contributed by atoms with Gasteiger partial charge in [0.15, 0.2) is 0 Å². The maximum Gasteiger partial charge on any atom is 0.305 e. The van der Waals surface area contributed by atoms with Crippen molar-refractivity contribution in [3.63, 3.8) is 0 Å². The third kappa shape index (κ3) is 13.7. The van der Waals surface area contributed by atoms with Crippen LogP contribution in [0.5, 0.6) is 0 Å². The van der Waals surface area contributed by atoms with Gasteiger partial charge in [-0.2, -0.15) is 0 Å². The molecule has 24 heavy (non-hydrogen) atoms. The fourth-order valence-electron chi connectivity index (χ4n) is 2.39. The highest BCUT2D eigenvalue weighted by atomic mass is 16.6. The Morgan fingerprint density at radius 1 is 0.792 bits per heavy atom. The van der Waals surface area contributed by atoms with Crippen molar-refractivity contribution in [3.05, 3.63) is 0 Å². The van der Waals surface area contributed by atoms with Gasteiger partial charge in [-0.15, -0.1) is 0 Å². The van der Waals surface area contributed by atoms with E-state index in [4.69, 9.17) is 24.8 Å². The second-order valence-corrected chi connectivity index (χ2v) is 6.19. The fraction of sp³-hybridized carbons (Fsp3) is 0.944. The summed E-state index contributed by atoms with van der Waals surface area (Å²) in [6.07, 6.45) is 9.60. The molecule has 0 aromatic rings. The van der Waals surface area contributed by atoms with Gasteiger partial charge in [-0.25, -0.2) is 0 Å². The number of hydrogen-bond acceptors (Lipinski definition) is 6. The van der Waals surface area contributed by atoms with E-state index in [1.807, 2.05) is 0 Å². The zero-order valence-corrected chi connectivity index (χ0v) is 15.1. The van der Waals surface area contributed by atoms with Gasteiger partial charge in [-0.3, -0.25) is 4.79 Å². The number of aliphatic hydroxyl groups excluding tert-OH is 3. The van der Waals surface area contributed by atoms with Crippen molar-refractivity contribution in [1.82, 2.24) is 0 Å². The van der Waals surface area contributed by atoms with E-state index in [0.29, 0.717) is 6.42 Å². The first kappa shape index (κ1) is 23.3. The third-order valence-electron chi connectivity index (χ3n) is 3.91. The molecule has 0 saturated heterocycles. The van der Waals surface area contributed by atoms with Gasteiger partial charge in [0.1, 0.15) is 18.8 Å². The van der Waals surface area contributed by atoms with Gasteiger partial charge in [0.25, 0.3) is 0 Å². The molecule has 0 aliphatic carbocycles. The maximum absolute atomic E-state index is 11.6. The third-order valence-corrected chi connectivity index (χ3v) is 3.91. The molecule has 0 amide bonds. The number of aliphatic hydroxyl groups is 3. The lowest BCUT2D eigenvalue weighted by Crippen LogP contribution is -2.34. The summed E-state index contributed by atoms with van der Waals surface area (Å²) in [5, 5.41) is 27.0. The van der Waals surface area contributed by atoms with Crippen molar-refractivity contribution in [3.8, 4) is 0 Å². The molecule has 6 heteroatoms. The Balaban J connectivity index is 3.57. The van der Waals surface area contributed by atoms with Crippen LogP contribution in [0.1, 0.15) is 71.1 Å². The fourth-order valence-corrected chi connectivity index (χ4v) is 2.39. The molecule has 1 atom stereocenters. The quantitative estimate of drug-likeness (QED) is 0.275. The Morgan fingerprint density at radius 3 is 1.79 bits per heavy atom. The Hall–Kier alpha value is -0.690. The first-order valence-corrected chi connectivity index (χ1v) is 9.31. The smallest absolute Gasteiger partial charge is 0.305 e. The SMILES string of the molecule is CCCCCCCCCCCC(=O)OCC(CO)OC(CO)CO. The lowest BCUT2D eigenvalue weighted by Gasteiger charge is -2.20. The second kappa shape index (κ2) is 17.1. The average molecular weight is 348 g/mol. The molecule has 0 fully saturated rings. The molecule has 3 N–H and O–H groups in total. The van der Waals surface area contributed by atoms with Crippen LogP contribution in [0.15, 0.2) is 0 Å². The molecular formula is C18H36O6. The van der Waals surface area contributed by atoms with Crippen molar-refractivity contribution in [2.24, 2.45) is 0 Å². The van der Waals surface area contributed by atoms with Crippen LogP contribution in [-0.4, -0.2) is 59.9 Å². The summed E-state index contributed by atoms with van der Waals surface area (Å²) in [6.45, 7) is 1.12. The molecule has 0 aromatic carbocycles. The van der Waals surface area contributed by atoms with E-state index in [2.05, 4.69) is 6.92 Å². The lowest BCUT2D eigenvalue weighted by atomic mass is 10.1. The van der Waals surface area contributed by atoms with Crippen molar-refractivity contribution in [2.45, 2.75) is 83.3 Å². The molecule has 1 unspecified atom stereocenters. The number of carbonyl (C=O) groups is 1. The first-order valence-electron chi connectivity index (χ1n) is 9.31. The molecular weight excluding hydrogens is 312 g/mol. The van der Waals surface area contributed by atoms with Crippen molar-refractivity contribution in [1.29, 1.82) is 0 Å². The number of hydrogen-bond donors (Lipinski definition) is 3. The second-order valence-electron chi connectivity index (χ2n) is 6.19. The van der Waals surface area contributed by atoms with Crippen LogP contribution < -0.4 is 0 Å². The van der Waals surface area contributed by atoms with Crippen LogP contribution in [0.3, 0.4) is 0 Å². The van der Waals surface area contributed by atoms with E-state index in [-0.39, 0.29) is 32.4 Å².